The minimum absolute atomic E-state index is 0.0666. The zero-order valence-corrected chi connectivity index (χ0v) is 26.9. The number of carbonyl (C=O) groups is 4. The Morgan fingerprint density at radius 3 is 1.22 bits per heavy atom. The molecule has 2 heterocycles. The Bertz CT molecular complexity index is 1260. The van der Waals surface area contributed by atoms with Gasteiger partial charge in [-0.15, -0.1) is 0 Å². The number of hydrogen-bond acceptors (Lipinski definition) is 8. The first-order chi connectivity index (χ1) is 22.2. The number of fused-ring (bicyclic) bond motifs is 2. The van der Waals surface area contributed by atoms with Crippen molar-refractivity contribution in [2.45, 2.75) is 51.7 Å². The summed E-state index contributed by atoms with van der Waals surface area (Å²) in [7, 11) is 0. The van der Waals surface area contributed by atoms with Gasteiger partial charge in [-0.05, 0) is 63.0 Å². The topological polar surface area (TPSA) is 122 Å². The number of carbonyl (C=O) groups excluding carboxylic acids is 4. The van der Waals surface area contributed by atoms with Gasteiger partial charge in [-0.1, -0.05) is 62.4 Å². The smallest absolute Gasteiger partial charge is 0.261 e. The zero-order chi connectivity index (χ0) is 33.1. The molecule has 2 aliphatic rings. The Morgan fingerprint density at radius 1 is 0.587 bits per heavy atom. The van der Waals surface area contributed by atoms with E-state index in [0.717, 1.165) is 35.5 Å². The second kappa shape index (κ2) is 17.1. The minimum atomic E-state index is -0.898. The highest BCUT2D eigenvalue weighted by Gasteiger charge is 2.37. The van der Waals surface area contributed by atoms with Crippen molar-refractivity contribution in [2.24, 2.45) is 0 Å². The highest BCUT2D eigenvalue weighted by molar-refractivity contribution is 6.22. The van der Waals surface area contributed by atoms with E-state index in [-0.39, 0.29) is 36.7 Å². The summed E-state index contributed by atoms with van der Waals surface area (Å²) in [6.07, 6.45) is 9.91. The van der Waals surface area contributed by atoms with E-state index in [1.807, 2.05) is 0 Å². The molecule has 2 unspecified atom stereocenters. The van der Waals surface area contributed by atoms with E-state index in [9.17, 15) is 29.4 Å². The first kappa shape index (κ1) is 34.9. The molecule has 0 saturated heterocycles. The largest absolute Gasteiger partial charge is 0.390 e. The van der Waals surface area contributed by atoms with Crippen molar-refractivity contribution in [1.29, 1.82) is 0 Å². The molecule has 246 valence electrons. The van der Waals surface area contributed by atoms with E-state index >= 15 is 0 Å². The van der Waals surface area contributed by atoms with Gasteiger partial charge in [0.1, 0.15) is 0 Å². The molecule has 0 aromatic heterocycles. The van der Waals surface area contributed by atoms with Crippen molar-refractivity contribution in [2.75, 3.05) is 52.4 Å². The molecule has 2 aromatic carbocycles. The van der Waals surface area contributed by atoms with E-state index in [2.05, 4.69) is 48.0 Å². The molecule has 0 bridgehead atoms. The van der Waals surface area contributed by atoms with E-state index < -0.39 is 12.2 Å². The highest BCUT2D eigenvalue weighted by atomic mass is 16.3. The van der Waals surface area contributed by atoms with Crippen LogP contribution < -0.4 is 0 Å². The summed E-state index contributed by atoms with van der Waals surface area (Å²) in [5, 5.41) is 21.8. The van der Waals surface area contributed by atoms with E-state index in [4.69, 9.17) is 0 Å². The van der Waals surface area contributed by atoms with Crippen LogP contribution in [0.15, 0.2) is 72.8 Å². The van der Waals surface area contributed by atoms with Crippen LogP contribution >= 0.6 is 0 Å². The van der Waals surface area contributed by atoms with Crippen molar-refractivity contribution in [3.63, 3.8) is 0 Å². The number of β-amino-alcohol motifs (C(OH)–C–C–N with tert-alkyl or cyclic N) is 2. The standard InChI is InChI=1S/C36H46N4O6/c1-3-5-11-19-37(23-27(41)25-39-33(43)29-15-7-8-16-30(29)34(39)44)21-13-14-22-38(20-12-6-4-2)24-28(42)26-40-35(45)31-17-9-10-18-32(31)36(40)46/h5-12,15-18,27-28,41-42H,3-4,13-14,19-26H2,1-2H3. The fourth-order valence-corrected chi connectivity index (χ4v) is 5.91. The van der Waals surface area contributed by atoms with Crippen LogP contribution in [-0.2, 0) is 0 Å². The molecule has 2 atom stereocenters. The maximum atomic E-state index is 12.8. The van der Waals surface area contributed by atoms with Crippen molar-refractivity contribution >= 4 is 23.6 Å². The predicted octanol–water partition coefficient (Wildman–Crippen LogP) is 3.62. The highest BCUT2D eigenvalue weighted by Crippen LogP contribution is 2.24. The molecule has 2 aromatic rings. The summed E-state index contributed by atoms with van der Waals surface area (Å²) in [5.41, 5.74) is 1.48. The van der Waals surface area contributed by atoms with Crippen molar-refractivity contribution in [3.8, 4) is 0 Å². The number of allylic oxidation sites excluding steroid dienone is 2. The van der Waals surface area contributed by atoms with Gasteiger partial charge in [0.05, 0.1) is 47.6 Å². The molecule has 0 saturated carbocycles. The summed E-state index contributed by atoms with van der Waals surface area (Å²) in [5.74, 6) is -1.50. The third kappa shape index (κ3) is 8.85. The van der Waals surface area contributed by atoms with Gasteiger partial charge in [0.2, 0.25) is 0 Å². The summed E-state index contributed by atoms with van der Waals surface area (Å²) in [4.78, 5) is 57.6. The third-order valence-corrected chi connectivity index (χ3v) is 8.21. The average molecular weight is 631 g/mol. The van der Waals surface area contributed by atoms with E-state index in [1.165, 1.54) is 0 Å². The Labute approximate surface area is 271 Å². The molecule has 0 radical (unpaired) electrons. The summed E-state index contributed by atoms with van der Waals surface area (Å²) in [6, 6.07) is 13.4. The normalized spacial score (nSPS) is 16.1. The fourth-order valence-electron chi connectivity index (χ4n) is 5.91. The van der Waals surface area contributed by atoms with Crippen LogP contribution in [0.25, 0.3) is 0 Å². The Morgan fingerprint density at radius 2 is 0.913 bits per heavy atom. The monoisotopic (exact) mass is 630 g/mol. The summed E-state index contributed by atoms with van der Waals surface area (Å²) in [6.45, 7) is 7.26. The zero-order valence-electron chi connectivity index (χ0n) is 26.9. The number of aliphatic hydroxyl groups is 2. The second-order valence-electron chi connectivity index (χ2n) is 11.8. The summed E-state index contributed by atoms with van der Waals surface area (Å²) >= 11 is 0. The van der Waals surface area contributed by atoms with Crippen LogP contribution in [0, 0.1) is 0 Å². The average Bonchev–Trinajstić information content (AvgIpc) is 3.43. The maximum absolute atomic E-state index is 12.8. The van der Waals surface area contributed by atoms with Crippen LogP contribution in [-0.4, -0.2) is 118 Å². The lowest BCUT2D eigenvalue weighted by atomic mass is 10.1. The van der Waals surface area contributed by atoms with Crippen LogP contribution in [0.1, 0.15) is 81.0 Å². The van der Waals surface area contributed by atoms with Gasteiger partial charge in [-0.25, -0.2) is 0 Å². The molecular weight excluding hydrogens is 584 g/mol. The molecule has 0 spiro atoms. The van der Waals surface area contributed by atoms with E-state index in [1.54, 1.807) is 48.5 Å². The van der Waals surface area contributed by atoms with Crippen molar-refractivity contribution < 1.29 is 29.4 Å². The molecule has 46 heavy (non-hydrogen) atoms. The number of unbranched alkanes of at least 4 members (excludes halogenated alkanes) is 1. The molecule has 4 rings (SSSR count). The lowest BCUT2D eigenvalue weighted by Crippen LogP contribution is -2.43. The third-order valence-electron chi connectivity index (χ3n) is 8.21. The van der Waals surface area contributed by atoms with Gasteiger partial charge in [0, 0.05) is 26.2 Å². The Hall–Kier alpha value is -3.96. The van der Waals surface area contributed by atoms with Crippen LogP contribution in [0.2, 0.25) is 0 Å². The second-order valence-corrected chi connectivity index (χ2v) is 11.8. The molecule has 2 aliphatic heterocycles. The fraction of sp³-hybridized carbons (Fsp3) is 0.444. The number of amides is 4. The number of rotatable bonds is 19. The molecule has 4 amide bonds. The van der Waals surface area contributed by atoms with Gasteiger partial charge in [0.25, 0.3) is 23.6 Å². The molecule has 10 heteroatoms. The first-order valence-electron chi connectivity index (χ1n) is 16.3. The Kier molecular flexibility index (Phi) is 13.0. The van der Waals surface area contributed by atoms with Crippen molar-refractivity contribution in [3.05, 3.63) is 95.1 Å². The lowest BCUT2D eigenvalue weighted by Gasteiger charge is -2.28. The number of benzene rings is 2. The number of nitrogens with zero attached hydrogens (tertiary/aromatic N) is 4. The number of aliphatic hydroxyl groups excluding tert-OH is 2. The SMILES string of the molecule is CCC=CCN(CCCCN(CC=CCC)CC(O)CN1C(=O)c2ccccc2C1=O)CC(O)CN1C(=O)c2ccccc2C1=O. The van der Waals surface area contributed by atoms with Crippen molar-refractivity contribution in [1.82, 2.24) is 19.6 Å². The Balaban J connectivity index is 1.28. The first-order valence-corrected chi connectivity index (χ1v) is 16.3. The lowest BCUT2D eigenvalue weighted by molar-refractivity contribution is 0.0464. The maximum Gasteiger partial charge on any atom is 0.261 e. The van der Waals surface area contributed by atoms with Gasteiger partial charge < -0.3 is 10.2 Å². The van der Waals surface area contributed by atoms with Crippen LogP contribution in [0.4, 0.5) is 0 Å². The quantitative estimate of drug-likeness (QED) is 0.137. The number of hydrogen-bond donors (Lipinski definition) is 2. The predicted molar refractivity (Wildman–Crippen MR) is 177 cm³/mol. The minimum Gasteiger partial charge on any atom is -0.390 e. The van der Waals surface area contributed by atoms with Crippen LogP contribution in [0.5, 0.6) is 0 Å². The van der Waals surface area contributed by atoms with Gasteiger partial charge in [0.15, 0.2) is 0 Å². The molecule has 10 nitrogen and oxygen atoms in total. The van der Waals surface area contributed by atoms with Gasteiger partial charge >= 0.3 is 0 Å². The summed E-state index contributed by atoms with van der Waals surface area (Å²) < 4.78 is 0. The molecular formula is C36H46N4O6. The van der Waals surface area contributed by atoms with Gasteiger partial charge in [-0.3, -0.25) is 38.8 Å². The van der Waals surface area contributed by atoms with E-state index in [0.29, 0.717) is 61.5 Å². The molecule has 0 aliphatic carbocycles. The van der Waals surface area contributed by atoms with Gasteiger partial charge in [-0.2, -0.15) is 0 Å². The molecule has 0 fully saturated rings. The number of imide groups is 2. The van der Waals surface area contributed by atoms with Crippen LogP contribution in [0.3, 0.4) is 0 Å². The molecule has 2 N–H and O–H groups in total.